The first-order chi connectivity index (χ1) is 18.0. The number of ether oxygens (including phenoxy) is 4. The molecule has 0 aliphatic carbocycles. The van der Waals surface area contributed by atoms with Crippen molar-refractivity contribution in [1.82, 2.24) is 10.2 Å². The van der Waals surface area contributed by atoms with Gasteiger partial charge in [-0.3, -0.25) is 19.3 Å². The highest BCUT2D eigenvalue weighted by atomic mass is 16.5. The summed E-state index contributed by atoms with van der Waals surface area (Å²) >= 11 is 0. The van der Waals surface area contributed by atoms with Gasteiger partial charge in [0.2, 0.25) is 23.2 Å². The number of methoxy groups -OCH3 is 3. The Balaban J connectivity index is 1.37. The standard InChI is InChI=1S/C28H34N2O7/c1-34-23-14-19(15-24(35-2)27(23)36-3)25(31)26(32)22-16-20-10-7-11-21(30(20)22)28(33)29-12-13-37-17-18-8-5-4-6-9-18/h4-6,8-9,14-15,20-22H,7,10-13,16-17H2,1-3H3,(H,29,33). The van der Waals surface area contributed by atoms with Crippen LogP contribution in [0.4, 0.5) is 0 Å². The molecule has 1 N–H and O–H groups in total. The van der Waals surface area contributed by atoms with Crippen molar-refractivity contribution in [3.8, 4) is 17.2 Å². The molecule has 1 amide bonds. The third kappa shape index (κ3) is 5.78. The van der Waals surface area contributed by atoms with Crippen LogP contribution in [-0.4, -0.2) is 75.0 Å². The highest BCUT2D eigenvalue weighted by Crippen LogP contribution is 2.40. The molecule has 2 aliphatic rings. The molecule has 37 heavy (non-hydrogen) atoms. The van der Waals surface area contributed by atoms with Gasteiger partial charge in [-0.1, -0.05) is 30.3 Å². The van der Waals surface area contributed by atoms with Gasteiger partial charge < -0.3 is 24.3 Å². The SMILES string of the molecule is COc1cc(C(=O)C(=O)C2CC3CCCC(C(=O)NCCOCc4ccccc4)N32)cc(OC)c1OC. The molecular weight excluding hydrogens is 476 g/mol. The topological polar surface area (TPSA) is 103 Å². The number of carbonyl (C=O) groups is 3. The fourth-order valence-corrected chi connectivity index (χ4v) is 5.20. The van der Waals surface area contributed by atoms with Crippen LogP contribution in [0.25, 0.3) is 0 Å². The van der Waals surface area contributed by atoms with Crippen LogP contribution in [0.5, 0.6) is 17.2 Å². The molecule has 0 spiro atoms. The van der Waals surface area contributed by atoms with E-state index in [1.165, 1.54) is 33.5 Å². The number of rotatable bonds is 12. The number of benzene rings is 2. The number of hydrogen-bond acceptors (Lipinski definition) is 8. The second-order valence-corrected chi connectivity index (χ2v) is 9.24. The number of piperidine rings is 1. The van der Waals surface area contributed by atoms with Gasteiger partial charge in [0, 0.05) is 18.2 Å². The van der Waals surface area contributed by atoms with E-state index in [1.807, 2.05) is 35.2 Å². The quantitative estimate of drug-likeness (QED) is 0.264. The van der Waals surface area contributed by atoms with E-state index in [0.717, 1.165) is 18.4 Å². The summed E-state index contributed by atoms with van der Waals surface area (Å²) in [5.74, 6) is -0.356. The Labute approximate surface area is 217 Å². The first-order valence-electron chi connectivity index (χ1n) is 12.5. The smallest absolute Gasteiger partial charge is 0.237 e. The van der Waals surface area contributed by atoms with Crippen LogP contribution < -0.4 is 19.5 Å². The second kappa shape index (κ2) is 12.2. The van der Waals surface area contributed by atoms with Crippen molar-refractivity contribution in [3.63, 3.8) is 0 Å². The monoisotopic (exact) mass is 510 g/mol. The van der Waals surface area contributed by atoms with E-state index in [9.17, 15) is 14.4 Å². The Morgan fingerprint density at radius 1 is 0.946 bits per heavy atom. The molecule has 198 valence electrons. The fourth-order valence-electron chi connectivity index (χ4n) is 5.20. The van der Waals surface area contributed by atoms with Crippen LogP contribution in [-0.2, 0) is 20.9 Å². The van der Waals surface area contributed by atoms with Crippen molar-refractivity contribution in [2.75, 3.05) is 34.5 Å². The summed E-state index contributed by atoms with van der Waals surface area (Å²) in [4.78, 5) is 41.4. The molecule has 2 aromatic carbocycles. The zero-order chi connectivity index (χ0) is 26.4. The number of Topliss-reactive ketones (excluding diaryl/α,β-unsaturated/α-hetero) is 2. The van der Waals surface area contributed by atoms with Gasteiger partial charge in [-0.2, -0.15) is 0 Å². The lowest BCUT2D eigenvalue weighted by Crippen LogP contribution is -2.68. The maximum Gasteiger partial charge on any atom is 0.237 e. The molecule has 2 aliphatic heterocycles. The van der Waals surface area contributed by atoms with Crippen LogP contribution in [0.2, 0.25) is 0 Å². The minimum Gasteiger partial charge on any atom is -0.493 e. The van der Waals surface area contributed by atoms with Crippen molar-refractivity contribution in [1.29, 1.82) is 0 Å². The summed E-state index contributed by atoms with van der Waals surface area (Å²) in [6, 6.07) is 11.9. The number of hydrogen-bond donors (Lipinski definition) is 1. The van der Waals surface area contributed by atoms with Gasteiger partial charge in [0.25, 0.3) is 0 Å². The summed E-state index contributed by atoms with van der Waals surface area (Å²) in [6.07, 6.45) is 3.03. The number of nitrogens with zero attached hydrogens (tertiary/aromatic N) is 1. The molecule has 2 fully saturated rings. The van der Waals surface area contributed by atoms with Crippen LogP contribution in [0.3, 0.4) is 0 Å². The number of fused-ring (bicyclic) bond motifs is 1. The molecule has 2 heterocycles. The first kappa shape index (κ1) is 26.6. The Morgan fingerprint density at radius 3 is 2.30 bits per heavy atom. The third-order valence-corrected chi connectivity index (χ3v) is 7.06. The molecule has 0 radical (unpaired) electrons. The van der Waals surface area contributed by atoms with Gasteiger partial charge >= 0.3 is 0 Å². The minimum absolute atomic E-state index is 0.125. The van der Waals surface area contributed by atoms with Crippen molar-refractivity contribution < 1.29 is 33.3 Å². The number of nitrogens with one attached hydrogen (secondary N) is 1. The first-order valence-corrected chi connectivity index (χ1v) is 12.5. The van der Waals surface area contributed by atoms with Crippen molar-refractivity contribution in [2.45, 2.75) is 50.4 Å². The molecule has 9 nitrogen and oxygen atoms in total. The predicted molar refractivity (Wildman–Crippen MR) is 136 cm³/mol. The highest BCUT2D eigenvalue weighted by molar-refractivity contribution is 6.45. The normalized spacial score (nSPS) is 20.8. The molecule has 9 heteroatoms. The number of amides is 1. The van der Waals surface area contributed by atoms with Crippen LogP contribution in [0.15, 0.2) is 42.5 Å². The summed E-state index contributed by atoms with van der Waals surface area (Å²) in [5, 5.41) is 2.94. The van der Waals surface area contributed by atoms with Gasteiger partial charge in [-0.15, -0.1) is 0 Å². The summed E-state index contributed by atoms with van der Waals surface area (Å²) in [5.41, 5.74) is 1.24. The molecular formula is C28H34N2O7. The van der Waals surface area contributed by atoms with Crippen LogP contribution in [0, 0.1) is 0 Å². The summed E-state index contributed by atoms with van der Waals surface area (Å²) in [7, 11) is 4.37. The molecule has 0 saturated carbocycles. The lowest BCUT2D eigenvalue weighted by molar-refractivity contribution is -0.145. The largest absolute Gasteiger partial charge is 0.493 e. The van der Waals surface area contributed by atoms with Crippen molar-refractivity contribution in [3.05, 3.63) is 53.6 Å². The maximum absolute atomic E-state index is 13.3. The Hall–Kier alpha value is -3.43. The number of carbonyl (C=O) groups excluding carboxylic acids is 3. The number of ketones is 2. The molecule has 2 aromatic rings. The van der Waals surface area contributed by atoms with Crippen LogP contribution >= 0.6 is 0 Å². The zero-order valence-corrected chi connectivity index (χ0v) is 21.5. The van der Waals surface area contributed by atoms with Gasteiger partial charge in [0.1, 0.15) is 0 Å². The predicted octanol–water partition coefficient (Wildman–Crippen LogP) is 2.79. The van der Waals surface area contributed by atoms with E-state index in [4.69, 9.17) is 18.9 Å². The third-order valence-electron chi connectivity index (χ3n) is 7.06. The lowest BCUT2D eigenvalue weighted by Gasteiger charge is -2.53. The Kier molecular flexibility index (Phi) is 8.78. The minimum atomic E-state index is -0.637. The second-order valence-electron chi connectivity index (χ2n) is 9.24. The van der Waals surface area contributed by atoms with E-state index >= 15 is 0 Å². The molecule has 3 unspecified atom stereocenters. The van der Waals surface area contributed by atoms with Gasteiger partial charge in [-0.25, -0.2) is 0 Å². The molecule has 2 saturated heterocycles. The van der Waals surface area contributed by atoms with E-state index in [2.05, 4.69) is 5.32 Å². The zero-order valence-electron chi connectivity index (χ0n) is 21.5. The van der Waals surface area contributed by atoms with Gasteiger partial charge in [0.05, 0.1) is 46.6 Å². The van der Waals surface area contributed by atoms with Crippen molar-refractivity contribution >= 4 is 17.5 Å². The molecule has 3 atom stereocenters. The molecule has 0 bridgehead atoms. The van der Waals surface area contributed by atoms with E-state index in [1.54, 1.807) is 0 Å². The highest BCUT2D eigenvalue weighted by Gasteiger charge is 2.51. The van der Waals surface area contributed by atoms with Crippen LogP contribution in [0.1, 0.15) is 41.6 Å². The van der Waals surface area contributed by atoms with Crippen molar-refractivity contribution in [2.24, 2.45) is 0 Å². The maximum atomic E-state index is 13.3. The molecule has 0 aromatic heterocycles. The summed E-state index contributed by atoms with van der Waals surface area (Å²) in [6.45, 7) is 1.25. The van der Waals surface area contributed by atoms with E-state index in [0.29, 0.717) is 49.8 Å². The average Bonchev–Trinajstić information content (AvgIpc) is 2.92. The molecule has 4 rings (SSSR count). The van der Waals surface area contributed by atoms with Gasteiger partial charge in [0.15, 0.2) is 11.5 Å². The van der Waals surface area contributed by atoms with E-state index < -0.39 is 23.7 Å². The lowest BCUT2D eigenvalue weighted by atomic mass is 9.78. The fraction of sp³-hybridized carbons (Fsp3) is 0.464. The average molecular weight is 511 g/mol. The van der Waals surface area contributed by atoms with E-state index in [-0.39, 0.29) is 17.5 Å². The van der Waals surface area contributed by atoms with Gasteiger partial charge in [-0.05, 0) is 43.4 Å². The Morgan fingerprint density at radius 2 is 1.65 bits per heavy atom. The summed E-state index contributed by atoms with van der Waals surface area (Å²) < 4.78 is 21.6. The Bertz CT molecular complexity index is 1100.